The molecule has 1 amide bonds. The van der Waals surface area contributed by atoms with Gasteiger partial charge in [0, 0.05) is 13.2 Å². The Kier molecular flexibility index (Phi) is 4.03. The van der Waals surface area contributed by atoms with E-state index in [1.54, 1.807) is 30.4 Å². The molecule has 0 atom stereocenters. The highest BCUT2D eigenvalue weighted by Crippen LogP contribution is 2.21. The molecule has 0 aliphatic rings. The van der Waals surface area contributed by atoms with Crippen molar-refractivity contribution in [2.24, 2.45) is 0 Å². The molecule has 1 aromatic heterocycles. The van der Waals surface area contributed by atoms with Crippen molar-refractivity contribution in [3.8, 4) is 0 Å². The van der Waals surface area contributed by atoms with Crippen LogP contribution >= 0.6 is 0 Å². The fraction of sp³-hybridized carbons (Fsp3) is 0.250. The maximum absolute atomic E-state index is 12.3. The Bertz CT molecular complexity index is 637. The normalized spacial score (nSPS) is 10.3. The molecule has 0 aliphatic carbocycles. The van der Waals surface area contributed by atoms with Crippen LogP contribution in [0.3, 0.4) is 0 Å². The lowest BCUT2D eigenvalue weighted by atomic mass is 10.0. The molecule has 1 aromatic carbocycles. The number of rotatable bonds is 3. The van der Waals surface area contributed by atoms with Gasteiger partial charge in [-0.15, -0.1) is 0 Å². The minimum atomic E-state index is 0.00570. The predicted octanol–water partition coefficient (Wildman–Crippen LogP) is 2.49. The summed E-state index contributed by atoms with van der Waals surface area (Å²) in [4.78, 5) is 17.8. The smallest absolute Gasteiger partial charge is 0.231 e. The highest BCUT2D eigenvalue weighted by atomic mass is 16.2. The number of amides is 1. The lowest BCUT2D eigenvalue weighted by molar-refractivity contribution is -0.117. The van der Waals surface area contributed by atoms with Gasteiger partial charge in [0.15, 0.2) is 0 Å². The summed E-state index contributed by atoms with van der Waals surface area (Å²) in [6.45, 7) is 4.11. The zero-order valence-electron chi connectivity index (χ0n) is 12.1. The third-order valence-electron chi connectivity index (χ3n) is 3.49. The number of anilines is 2. The maximum atomic E-state index is 12.3. The van der Waals surface area contributed by atoms with Crippen molar-refractivity contribution in [1.29, 1.82) is 0 Å². The fourth-order valence-electron chi connectivity index (χ4n) is 2.05. The molecule has 1 heterocycles. The molecule has 0 bridgehead atoms. The number of nitrogens with two attached hydrogens (primary N) is 1. The van der Waals surface area contributed by atoms with Crippen LogP contribution in [0.5, 0.6) is 0 Å². The molecule has 0 fully saturated rings. The van der Waals surface area contributed by atoms with E-state index >= 15 is 0 Å². The van der Waals surface area contributed by atoms with E-state index in [1.165, 1.54) is 11.1 Å². The zero-order chi connectivity index (χ0) is 14.7. The molecule has 104 valence electrons. The van der Waals surface area contributed by atoms with E-state index in [2.05, 4.69) is 18.0 Å². The quantitative estimate of drug-likeness (QED) is 0.931. The van der Waals surface area contributed by atoms with Crippen molar-refractivity contribution in [1.82, 2.24) is 4.98 Å². The van der Waals surface area contributed by atoms with Gasteiger partial charge in [-0.05, 0) is 36.6 Å². The Labute approximate surface area is 119 Å². The van der Waals surface area contributed by atoms with Crippen molar-refractivity contribution < 1.29 is 4.79 Å². The van der Waals surface area contributed by atoms with Crippen molar-refractivity contribution >= 4 is 17.3 Å². The second-order valence-corrected chi connectivity index (χ2v) is 4.98. The van der Waals surface area contributed by atoms with Crippen molar-refractivity contribution in [3.05, 3.63) is 53.3 Å². The summed E-state index contributed by atoms with van der Waals surface area (Å²) in [5, 5.41) is 0. The van der Waals surface area contributed by atoms with Crippen LogP contribution in [0.2, 0.25) is 0 Å². The first-order chi connectivity index (χ1) is 9.49. The Morgan fingerprint density at radius 3 is 2.65 bits per heavy atom. The van der Waals surface area contributed by atoms with Gasteiger partial charge in [0.1, 0.15) is 0 Å². The number of aromatic nitrogens is 1. The van der Waals surface area contributed by atoms with E-state index < -0.39 is 0 Å². The minimum Gasteiger partial charge on any atom is -0.396 e. The maximum Gasteiger partial charge on any atom is 0.231 e. The highest BCUT2D eigenvalue weighted by molar-refractivity contribution is 5.96. The number of aryl methyl sites for hydroxylation is 2. The third kappa shape index (κ3) is 2.96. The molecule has 2 N–H and O–H groups in total. The van der Waals surface area contributed by atoms with Crippen LogP contribution in [0.1, 0.15) is 16.7 Å². The van der Waals surface area contributed by atoms with Crippen molar-refractivity contribution in [3.63, 3.8) is 0 Å². The summed E-state index contributed by atoms with van der Waals surface area (Å²) in [5.74, 6) is 0.00570. The van der Waals surface area contributed by atoms with Gasteiger partial charge in [0.2, 0.25) is 5.91 Å². The predicted molar refractivity (Wildman–Crippen MR) is 81.7 cm³/mol. The Hall–Kier alpha value is -2.36. The van der Waals surface area contributed by atoms with Crippen LogP contribution in [0.25, 0.3) is 0 Å². The zero-order valence-corrected chi connectivity index (χ0v) is 12.1. The molecule has 20 heavy (non-hydrogen) atoms. The number of likely N-dealkylation sites (N-methyl/N-ethyl adjacent to an activating group) is 1. The Morgan fingerprint density at radius 1 is 1.25 bits per heavy atom. The van der Waals surface area contributed by atoms with E-state index in [0.29, 0.717) is 17.8 Å². The van der Waals surface area contributed by atoms with Crippen LogP contribution in [-0.4, -0.2) is 17.9 Å². The van der Waals surface area contributed by atoms with Gasteiger partial charge in [-0.25, -0.2) is 0 Å². The van der Waals surface area contributed by atoms with Crippen LogP contribution < -0.4 is 10.6 Å². The summed E-state index contributed by atoms with van der Waals surface area (Å²) in [6.07, 6.45) is 3.54. The minimum absolute atomic E-state index is 0.00570. The SMILES string of the molecule is Cc1ccc(CC(=O)N(C)c2ccncc2N)cc1C. The van der Waals surface area contributed by atoms with Gasteiger partial charge in [-0.2, -0.15) is 0 Å². The molecule has 0 saturated carbocycles. The first kappa shape index (κ1) is 14.1. The highest BCUT2D eigenvalue weighted by Gasteiger charge is 2.14. The monoisotopic (exact) mass is 269 g/mol. The first-order valence-corrected chi connectivity index (χ1v) is 6.51. The Morgan fingerprint density at radius 2 is 2.00 bits per heavy atom. The van der Waals surface area contributed by atoms with Crippen molar-refractivity contribution in [2.75, 3.05) is 17.7 Å². The van der Waals surface area contributed by atoms with Crippen LogP contribution in [0.15, 0.2) is 36.7 Å². The molecule has 4 nitrogen and oxygen atoms in total. The average molecular weight is 269 g/mol. The van der Waals surface area contributed by atoms with E-state index in [0.717, 1.165) is 5.56 Å². The number of hydrogen-bond acceptors (Lipinski definition) is 3. The summed E-state index contributed by atoms with van der Waals surface area (Å²) in [7, 11) is 1.73. The van der Waals surface area contributed by atoms with Gasteiger partial charge in [0.25, 0.3) is 0 Å². The molecule has 0 radical (unpaired) electrons. The second-order valence-electron chi connectivity index (χ2n) is 4.98. The summed E-state index contributed by atoms with van der Waals surface area (Å²) in [5.41, 5.74) is 10.5. The molecule has 2 aromatic rings. The molecule has 0 unspecified atom stereocenters. The van der Waals surface area contributed by atoms with E-state index in [4.69, 9.17) is 5.73 Å². The van der Waals surface area contributed by atoms with Gasteiger partial charge < -0.3 is 10.6 Å². The number of carbonyl (C=O) groups excluding carboxylic acids is 1. The number of pyridine rings is 1. The van der Waals surface area contributed by atoms with Crippen LogP contribution in [-0.2, 0) is 11.2 Å². The van der Waals surface area contributed by atoms with Crippen molar-refractivity contribution in [2.45, 2.75) is 20.3 Å². The Balaban J connectivity index is 2.15. The molecular weight excluding hydrogens is 250 g/mol. The molecule has 0 spiro atoms. The van der Waals surface area contributed by atoms with Gasteiger partial charge >= 0.3 is 0 Å². The largest absolute Gasteiger partial charge is 0.396 e. The molecule has 2 rings (SSSR count). The van der Waals surface area contributed by atoms with Gasteiger partial charge in [0.05, 0.1) is 24.0 Å². The summed E-state index contributed by atoms with van der Waals surface area (Å²) >= 11 is 0. The van der Waals surface area contributed by atoms with E-state index in [9.17, 15) is 4.79 Å². The lowest BCUT2D eigenvalue weighted by Gasteiger charge is -2.19. The lowest BCUT2D eigenvalue weighted by Crippen LogP contribution is -2.28. The summed E-state index contributed by atoms with van der Waals surface area (Å²) < 4.78 is 0. The number of nitrogens with zero attached hydrogens (tertiary/aromatic N) is 2. The average Bonchev–Trinajstić information content (AvgIpc) is 2.42. The molecule has 4 heteroatoms. The van der Waals surface area contributed by atoms with Gasteiger partial charge in [-0.1, -0.05) is 18.2 Å². The number of hydrogen-bond donors (Lipinski definition) is 1. The van der Waals surface area contributed by atoms with Crippen LogP contribution in [0.4, 0.5) is 11.4 Å². The number of nitrogen functional groups attached to an aromatic ring is 1. The molecule has 0 saturated heterocycles. The molecule has 0 aliphatic heterocycles. The van der Waals surface area contributed by atoms with Gasteiger partial charge in [-0.3, -0.25) is 9.78 Å². The van der Waals surface area contributed by atoms with E-state index in [-0.39, 0.29) is 5.91 Å². The second kappa shape index (κ2) is 5.74. The van der Waals surface area contributed by atoms with E-state index in [1.807, 2.05) is 19.1 Å². The topological polar surface area (TPSA) is 59.2 Å². The van der Waals surface area contributed by atoms with Crippen LogP contribution in [0, 0.1) is 13.8 Å². The number of carbonyl (C=O) groups is 1. The first-order valence-electron chi connectivity index (χ1n) is 6.51. The fourth-order valence-corrected chi connectivity index (χ4v) is 2.05. The third-order valence-corrected chi connectivity index (χ3v) is 3.49. The molecular formula is C16H19N3O. The summed E-state index contributed by atoms with van der Waals surface area (Å²) in [6, 6.07) is 7.83. The number of benzene rings is 1. The standard InChI is InChI=1S/C16H19N3O/c1-11-4-5-13(8-12(11)2)9-16(20)19(3)15-6-7-18-10-14(15)17/h4-8,10H,9,17H2,1-3H3.